The molecular weight excluding hydrogens is 256 g/mol. The summed E-state index contributed by atoms with van der Waals surface area (Å²) in [5, 5.41) is 3.71. The minimum atomic E-state index is 0.478. The van der Waals surface area contributed by atoms with Crippen molar-refractivity contribution in [1.82, 2.24) is 10.2 Å². The van der Waals surface area contributed by atoms with E-state index in [1.807, 2.05) is 0 Å². The average Bonchev–Trinajstić information content (AvgIpc) is 2.46. The Bertz CT molecular complexity index is 370. The van der Waals surface area contributed by atoms with Crippen LogP contribution in [0.25, 0.3) is 0 Å². The molecule has 1 rings (SSSR count). The summed E-state index contributed by atoms with van der Waals surface area (Å²) in [4.78, 5) is 2.57. The molecule has 0 aliphatic heterocycles. The van der Waals surface area contributed by atoms with Gasteiger partial charge < -0.3 is 10.2 Å². The molecule has 0 fully saturated rings. The van der Waals surface area contributed by atoms with Crippen molar-refractivity contribution < 1.29 is 0 Å². The number of nitrogens with zero attached hydrogens (tertiary/aromatic N) is 1. The quantitative estimate of drug-likeness (QED) is 0.687. The van der Waals surface area contributed by atoms with Gasteiger partial charge in [-0.1, -0.05) is 57.5 Å². The summed E-state index contributed by atoms with van der Waals surface area (Å²) in [6.07, 6.45) is 2.37. The molecule has 2 nitrogen and oxygen atoms in total. The molecule has 0 aromatic heterocycles. The summed E-state index contributed by atoms with van der Waals surface area (Å²) in [6.45, 7) is 15.9. The maximum atomic E-state index is 3.71. The lowest BCUT2D eigenvalue weighted by atomic mass is 10.0. The highest BCUT2D eigenvalue weighted by Crippen LogP contribution is 2.18. The Labute approximate surface area is 131 Å². The molecule has 0 radical (unpaired) electrons. The lowest BCUT2D eigenvalue weighted by molar-refractivity contribution is 0.241. The zero-order valence-electron chi connectivity index (χ0n) is 14.7. The topological polar surface area (TPSA) is 15.3 Å². The molecule has 2 heteroatoms. The lowest BCUT2D eigenvalue weighted by Crippen LogP contribution is -2.32. The van der Waals surface area contributed by atoms with Gasteiger partial charge in [-0.15, -0.1) is 0 Å². The van der Waals surface area contributed by atoms with Gasteiger partial charge in [0.2, 0.25) is 0 Å². The summed E-state index contributed by atoms with van der Waals surface area (Å²) >= 11 is 0. The molecule has 0 saturated heterocycles. The van der Waals surface area contributed by atoms with E-state index in [1.165, 1.54) is 37.1 Å². The van der Waals surface area contributed by atoms with E-state index in [0.717, 1.165) is 19.0 Å². The normalized spacial score (nSPS) is 13.1. The number of benzene rings is 1. The van der Waals surface area contributed by atoms with Crippen LogP contribution < -0.4 is 5.32 Å². The predicted octanol–water partition coefficient (Wildman–Crippen LogP) is 4.40. The van der Waals surface area contributed by atoms with Gasteiger partial charge in [0.25, 0.3) is 0 Å². The van der Waals surface area contributed by atoms with Crippen molar-refractivity contribution in [3.8, 4) is 0 Å². The summed E-state index contributed by atoms with van der Waals surface area (Å²) in [7, 11) is 0. The molecule has 1 aromatic rings. The number of hydrogen-bond acceptors (Lipinski definition) is 2. The van der Waals surface area contributed by atoms with Crippen LogP contribution in [-0.4, -0.2) is 31.1 Å². The summed E-state index contributed by atoms with van der Waals surface area (Å²) < 4.78 is 0. The third-order valence-corrected chi connectivity index (χ3v) is 3.93. The highest BCUT2D eigenvalue weighted by Gasteiger charge is 2.13. The van der Waals surface area contributed by atoms with Gasteiger partial charge in [-0.05, 0) is 50.9 Å². The molecule has 0 spiro atoms. The summed E-state index contributed by atoms with van der Waals surface area (Å²) in [5.41, 5.74) is 2.76. The molecule has 0 amide bonds. The minimum absolute atomic E-state index is 0.478. The van der Waals surface area contributed by atoms with Crippen LogP contribution in [-0.2, 0) is 0 Å². The third-order valence-electron chi connectivity index (χ3n) is 3.93. The number of rotatable bonds is 10. The van der Waals surface area contributed by atoms with E-state index in [0.29, 0.717) is 6.04 Å². The zero-order valence-corrected chi connectivity index (χ0v) is 14.7. The first-order valence-corrected chi connectivity index (χ1v) is 8.59. The van der Waals surface area contributed by atoms with Gasteiger partial charge in [-0.3, -0.25) is 0 Å². The van der Waals surface area contributed by atoms with Crippen LogP contribution in [0.2, 0.25) is 0 Å². The molecule has 1 aromatic carbocycles. The van der Waals surface area contributed by atoms with E-state index >= 15 is 0 Å². The van der Waals surface area contributed by atoms with Crippen LogP contribution in [0.5, 0.6) is 0 Å². The fourth-order valence-electron chi connectivity index (χ4n) is 2.71. The molecule has 1 N–H and O–H groups in total. The second-order valence-corrected chi connectivity index (χ2v) is 6.49. The predicted molar refractivity (Wildman–Crippen MR) is 93.8 cm³/mol. The molecular formula is C19H34N2. The van der Waals surface area contributed by atoms with E-state index in [-0.39, 0.29) is 0 Å². The maximum absolute atomic E-state index is 3.71. The van der Waals surface area contributed by atoms with Gasteiger partial charge in [0.15, 0.2) is 0 Å². The summed E-state index contributed by atoms with van der Waals surface area (Å²) in [6, 6.07) is 9.48. The van der Waals surface area contributed by atoms with E-state index in [2.05, 4.69) is 69.1 Å². The van der Waals surface area contributed by atoms with Crippen LogP contribution in [0.3, 0.4) is 0 Å². The third kappa shape index (κ3) is 7.10. The standard InChI is InChI=1S/C19H34N2/c1-6-13-20-19(18-10-8-17(5)9-11-18)12-14-21(7-2)15-16(3)4/h8-11,16,19-20H,6-7,12-15H2,1-5H3. The number of aryl methyl sites for hydroxylation is 1. The molecule has 1 unspecified atom stereocenters. The van der Waals surface area contributed by atoms with Crippen LogP contribution in [0, 0.1) is 12.8 Å². The first-order chi connectivity index (χ1) is 10.1. The Morgan fingerprint density at radius 1 is 1.10 bits per heavy atom. The molecule has 0 aliphatic carbocycles. The second kappa shape index (κ2) is 9.97. The van der Waals surface area contributed by atoms with Crippen molar-refractivity contribution in [2.75, 3.05) is 26.2 Å². The van der Waals surface area contributed by atoms with Gasteiger partial charge in [0.05, 0.1) is 0 Å². The molecule has 0 heterocycles. The number of hydrogen-bond donors (Lipinski definition) is 1. The minimum Gasteiger partial charge on any atom is -0.310 e. The van der Waals surface area contributed by atoms with Crippen molar-refractivity contribution in [1.29, 1.82) is 0 Å². The molecule has 21 heavy (non-hydrogen) atoms. The van der Waals surface area contributed by atoms with Crippen molar-refractivity contribution in [3.05, 3.63) is 35.4 Å². The van der Waals surface area contributed by atoms with Crippen LogP contribution >= 0.6 is 0 Å². The Morgan fingerprint density at radius 3 is 2.29 bits per heavy atom. The van der Waals surface area contributed by atoms with Gasteiger partial charge in [0.1, 0.15) is 0 Å². The fraction of sp³-hybridized carbons (Fsp3) is 0.684. The van der Waals surface area contributed by atoms with Crippen molar-refractivity contribution >= 4 is 0 Å². The number of nitrogens with one attached hydrogen (secondary N) is 1. The van der Waals surface area contributed by atoms with Crippen LogP contribution in [0.15, 0.2) is 24.3 Å². The molecule has 120 valence electrons. The largest absolute Gasteiger partial charge is 0.310 e. The first kappa shape index (κ1) is 18.2. The van der Waals surface area contributed by atoms with Gasteiger partial charge in [-0.25, -0.2) is 0 Å². The zero-order chi connectivity index (χ0) is 15.7. The first-order valence-electron chi connectivity index (χ1n) is 8.59. The van der Waals surface area contributed by atoms with Gasteiger partial charge >= 0.3 is 0 Å². The van der Waals surface area contributed by atoms with Crippen LogP contribution in [0.1, 0.15) is 57.7 Å². The van der Waals surface area contributed by atoms with Crippen molar-refractivity contribution in [2.45, 2.75) is 53.5 Å². The SMILES string of the molecule is CCCNC(CCN(CC)CC(C)C)c1ccc(C)cc1. The smallest absolute Gasteiger partial charge is 0.0332 e. The summed E-state index contributed by atoms with van der Waals surface area (Å²) in [5.74, 6) is 0.742. The fourth-order valence-corrected chi connectivity index (χ4v) is 2.71. The second-order valence-electron chi connectivity index (χ2n) is 6.49. The van der Waals surface area contributed by atoms with Gasteiger partial charge in [-0.2, -0.15) is 0 Å². The molecule has 0 saturated carbocycles. The Balaban J connectivity index is 2.62. The van der Waals surface area contributed by atoms with E-state index < -0.39 is 0 Å². The highest BCUT2D eigenvalue weighted by molar-refractivity contribution is 5.24. The Kier molecular flexibility index (Phi) is 8.63. The maximum Gasteiger partial charge on any atom is 0.0332 e. The molecule has 0 bridgehead atoms. The average molecular weight is 290 g/mol. The monoisotopic (exact) mass is 290 g/mol. The van der Waals surface area contributed by atoms with E-state index in [1.54, 1.807) is 0 Å². The van der Waals surface area contributed by atoms with E-state index in [4.69, 9.17) is 0 Å². The molecule has 0 aliphatic rings. The van der Waals surface area contributed by atoms with Crippen molar-refractivity contribution in [2.24, 2.45) is 5.92 Å². The van der Waals surface area contributed by atoms with Gasteiger partial charge in [0, 0.05) is 12.6 Å². The Morgan fingerprint density at radius 2 is 1.76 bits per heavy atom. The highest BCUT2D eigenvalue weighted by atomic mass is 15.1. The van der Waals surface area contributed by atoms with E-state index in [9.17, 15) is 0 Å². The Hall–Kier alpha value is -0.860. The molecule has 1 atom stereocenters. The van der Waals surface area contributed by atoms with Crippen LogP contribution in [0.4, 0.5) is 0 Å². The lowest BCUT2D eigenvalue weighted by Gasteiger charge is -2.26. The van der Waals surface area contributed by atoms with Crippen molar-refractivity contribution in [3.63, 3.8) is 0 Å².